The van der Waals surface area contributed by atoms with Gasteiger partial charge in [-0.05, 0) is 46.6 Å². The van der Waals surface area contributed by atoms with Crippen molar-refractivity contribution in [3.05, 3.63) is 18.5 Å². The summed E-state index contributed by atoms with van der Waals surface area (Å²) in [6, 6.07) is 1.91. The Balaban J connectivity index is 2.12. The Kier molecular flexibility index (Phi) is 4.61. The lowest BCUT2D eigenvalue weighted by Crippen LogP contribution is -2.53. The fourth-order valence-corrected chi connectivity index (χ4v) is 2.22. The summed E-state index contributed by atoms with van der Waals surface area (Å²) in [6.07, 6.45) is 5.79. The first-order valence-electron chi connectivity index (χ1n) is 7.49. The van der Waals surface area contributed by atoms with E-state index in [1.165, 1.54) is 12.8 Å². The van der Waals surface area contributed by atoms with E-state index in [4.69, 9.17) is 4.65 Å². The van der Waals surface area contributed by atoms with Crippen LogP contribution >= 0.6 is 0 Å². The molecule has 21 heavy (non-hydrogen) atoms. The molecular weight excluding hydrogens is 267 g/mol. The Morgan fingerprint density at radius 2 is 1.81 bits per heavy atom. The van der Waals surface area contributed by atoms with Crippen molar-refractivity contribution in [1.29, 1.82) is 0 Å². The lowest BCUT2D eigenvalue weighted by Gasteiger charge is -2.38. The van der Waals surface area contributed by atoms with Gasteiger partial charge in [0, 0.05) is 24.7 Å². The minimum absolute atomic E-state index is 0.608. The first-order valence-corrected chi connectivity index (χ1v) is 7.49. The van der Waals surface area contributed by atoms with E-state index in [1.807, 2.05) is 12.3 Å². The van der Waals surface area contributed by atoms with Crippen LogP contribution < -0.4 is 10.4 Å². The second-order valence-electron chi connectivity index (χ2n) is 6.71. The van der Waals surface area contributed by atoms with Gasteiger partial charge in [-0.1, -0.05) is 0 Å². The molecule has 5 nitrogen and oxygen atoms in total. The van der Waals surface area contributed by atoms with E-state index < -0.39 is 18.3 Å². The van der Waals surface area contributed by atoms with Crippen LogP contribution in [0.25, 0.3) is 0 Å². The first-order chi connectivity index (χ1) is 9.71. The predicted molar refractivity (Wildman–Crippen MR) is 84.8 cm³/mol. The Bertz CT molecular complexity index is 482. The number of rotatable bonds is 5. The van der Waals surface area contributed by atoms with Gasteiger partial charge in [-0.25, -0.2) is 0 Å². The number of nitrogens with zero attached hydrogens (tertiary/aromatic N) is 2. The number of anilines is 1. The molecule has 1 aliphatic rings. The van der Waals surface area contributed by atoms with Crippen molar-refractivity contribution in [3.63, 3.8) is 0 Å². The summed E-state index contributed by atoms with van der Waals surface area (Å²) in [5.41, 5.74) is -0.324. The number of aliphatic hydroxyl groups is 1. The molecule has 0 amide bonds. The third kappa shape index (κ3) is 3.76. The molecule has 1 aromatic heterocycles. The lowest BCUT2D eigenvalue weighted by molar-refractivity contribution is -0.0982. The molecule has 2 heterocycles. The number of hydrogen-bond acceptors (Lipinski definition) is 5. The number of hydrogen-bond donors (Lipinski definition) is 2. The zero-order valence-electron chi connectivity index (χ0n) is 13.3. The van der Waals surface area contributed by atoms with Gasteiger partial charge in [0.05, 0.1) is 23.1 Å². The highest BCUT2D eigenvalue weighted by Crippen LogP contribution is 2.25. The largest absolute Gasteiger partial charge is 0.493 e. The van der Waals surface area contributed by atoms with Crippen molar-refractivity contribution in [3.8, 4) is 0 Å². The fourth-order valence-electron chi connectivity index (χ4n) is 2.22. The van der Waals surface area contributed by atoms with Gasteiger partial charge < -0.3 is 19.7 Å². The standard InChI is InChI=1S/C15H25BN2O3/c1-14(2,19)15(3,4)21-16(20)12-9-13(11-17-10-12)18-7-5-6-8-18/h9-11,19-20H,5-8H2,1-4H3. The molecular formula is C15H25BN2O3. The summed E-state index contributed by atoms with van der Waals surface area (Å²) in [5.74, 6) is 0. The van der Waals surface area contributed by atoms with Crippen LogP contribution in [0.4, 0.5) is 5.69 Å². The Hall–Kier alpha value is -1.11. The van der Waals surface area contributed by atoms with Crippen LogP contribution in [0.1, 0.15) is 40.5 Å². The Morgan fingerprint density at radius 3 is 2.38 bits per heavy atom. The smallest absolute Gasteiger partial charge is 0.423 e. The highest BCUT2D eigenvalue weighted by Gasteiger charge is 2.39. The van der Waals surface area contributed by atoms with Gasteiger partial charge in [0.15, 0.2) is 0 Å². The Labute approximate surface area is 127 Å². The summed E-state index contributed by atoms with van der Waals surface area (Å²) >= 11 is 0. The van der Waals surface area contributed by atoms with E-state index in [0.717, 1.165) is 18.8 Å². The molecule has 6 heteroatoms. The molecule has 0 aromatic carbocycles. The second-order valence-corrected chi connectivity index (χ2v) is 6.71. The molecule has 0 aliphatic carbocycles. The summed E-state index contributed by atoms with van der Waals surface area (Å²) in [6.45, 7) is 8.90. The first kappa shape index (κ1) is 16.3. The molecule has 0 bridgehead atoms. The van der Waals surface area contributed by atoms with Crippen molar-refractivity contribution in [2.75, 3.05) is 18.0 Å². The molecule has 0 spiro atoms. The molecule has 0 saturated carbocycles. The van der Waals surface area contributed by atoms with E-state index in [2.05, 4.69) is 9.88 Å². The van der Waals surface area contributed by atoms with Crippen LogP contribution in [0.2, 0.25) is 0 Å². The van der Waals surface area contributed by atoms with Gasteiger partial charge in [-0.2, -0.15) is 0 Å². The number of pyridine rings is 1. The average Bonchev–Trinajstić information content (AvgIpc) is 2.91. The highest BCUT2D eigenvalue weighted by molar-refractivity contribution is 6.60. The molecule has 2 N–H and O–H groups in total. The van der Waals surface area contributed by atoms with Gasteiger partial charge in [0.2, 0.25) is 0 Å². The minimum Gasteiger partial charge on any atom is -0.423 e. The maximum absolute atomic E-state index is 10.3. The van der Waals surface area contributed by atoms with E-state index in [1.54, 1.807) is 33.9 Å². The zero-order valence-corrected chi connectivity index (χ0v) is 13.3. The SMILES string of the molecule is CC(C)(O)C(C)(C)OB(O)c1cncc(N2CCCC2)c1. The van der Waals surface area contributed by atoms with Crippen LogP contribution in [0.3, 0.4) is 0 Å². The van der Waals surface area contributed by atoms with E-state index in [9.17, 15) is 10.1 Å². The molecule has 2 rings (SSSR count). The van der Waals surface area contributed by atoms with Crippen molar-refractivity contribution in [2.24, 2.45) is 0 Å². The second kappa shape index (κ2) is 5.95. The van der Waals surface area contributed by atoms with Crippen molar-refractivity contribution in [1.82, 2.24) is 4.98 Å². The third-order valence-electron chi connectivity index (χ3n) is 4.38. The molecule has 0 atom stereocenters. The van der Waals surface area contributed by atoms with Crippen molar-refractivity contribution < 1.29 is 14.8 Å². The van der Waals surface area contributed by atoms with Gasteiger partial charge in [-0.3, -0.25) is 4.98 Å². The molecule has 1 fully saturated rings. The van der Waals surface area contributed by atoms with E-state index in [0.29, 0.717) is 5.46 Å². The van der Waals surface area contributed by atoms with Crippen LogP contribution in [0, 0.1) is 0 Å². The lowest BCUT2D eigenvalue weighted by atomic mass is 9.77. The predicted octanol–water partition coefficient (Wildman–Crippen LogP) is 0.935. The van der Waals surface area contributed by atoms with Gasteiger partial charge >= 0.3 is 7.12 Å². The monoisotopic (exact) mass is 292 g/mol. The summed E-state index contributed by atoms with van der Waals surface area (Å²) in [4.78, 5) is 6.45. The zero-order chi connectivity index (χ0) is 15.7. The molecule has 0 unspecified atom stereocenters. The fraction of sp³-hybridized carbons (Fsp3) is 0.667. The molecule has 1 aliphatic heterocycles. The highest BCUT2D eigenvalue weighted by atomic mass is 16.5. The van der Waals surface area contributed by atoms with Crippen molar-refractivity contribution in [2.45, 2.75) is 51.7 Å². The molecule has 1 saturated heterocycles. The topological polar surface area (TPSA) is 65.8 Å². The van der Waals surface area contributed by atoms with Gasteiger partial charge in [0.1, 0.15) is 0 Å². The number of aromatic nitrogens is 1. The maximum atomic E-state index is 10.3. The average molecular weight is 292 g/mol. The van der Waals surface area contributed by atoms with E-state index in [-0.39, 0.29) is 0 Å². The molecule has 1 aromatic rings. The third-order valence-corrected chi connectivity index (χ3v) is 4.38. The summed E-state index contributed by atoms with van der Waals surface area (Å²) < 4.78 is 5.65. The van der Waals surface area contributed by atoms with Crippen molar-refractivity contribution >= 4 is 18.3 Å². The minimum atomic E-state index is -1.11. The van der Waals surface area contributed by atoms with Crippen LogP contribution in [0.5, 0.6) is 0 Å². The van der Waals surface area contributed by atoms with Crippen LogP contribution in [-0.4, -0.2) is 46.5 Å². The van der Waals surface area contributed by atoms with Gasteiger partial charge in [0.25, 0.3) is 0 Å². The van der Waals surface area contributed by atoms with E-state index >= 15 is 0 Å². The normalized spacial score (nSPS) is 16.4. The summed E-state index contributed by atoms with van der Waals surface area (Å²) in [7, 11) is -1.11. The summed E-state index contributed by atoms with van der Waals surface area (Å²) in [5, 5.41) is 20.4. The molecule has 116 valence electrons. The molecule has 0 radical (unpaired) electrons. The quantitative estimate of drug-likeness (QED) is 0.791. The van der Waals surface area contributed by atoms with Crippen LogP contribution in [0.15, 0.2) is 18.5 Å². The Morgan fingerprint density at radius 1 is 1.19 bits per heavy atom. The van der Waals surface area contributed by atoms with Crippen LogP contribution in [-0.2, 0) is 4.65 Å². The maximum Gasteiger partial charge on any atom is 0.493 e. The van der Waals surface area contributed by atoms with Gasteiger partial charge in [-0.15, -0.1) is 0 Å².